The van der Waals surface area contributed by atoms with E-state index < -0.39 is 0 Å². The van der Waals surface area contributed by atoms with Gasteiger partial charge in [-0.2, -0.15) is 5.10 Å². The molecule has 0 spiro atoms. The number of carbonyl (C=O) groups excluding carboxylic acids is 2. The predicted octanol–water partition coefficient (Wildman–Crippen LogP) is 3.18. The van der Waals surface area contributed by atoms with E-state index in [-0.39, 0.29) is 24.7 Å². The number of rotatable bonds is 7. The van der Waals surface area contributed by atoms with Crippen molar-refractivity contribution in [3.63, 3.8) is 0 Å². The molecule has 0 heterocycles. The second-order valence-electron chi connectivity index (χ2n) is 5.83. The summed E-state index contributed by atoms with van der Waals surface area (Å²) in [4.78, 5) is 23.8. The molecule has 0 atom stereocenters. The molecule has 2 N–H and O–H groups in total. The van der Waals surface area contributed by atoms with Gasteiger partial charge in [0.2, 0.25) is 11.8 Å². The van der Waals surface area contributed by atoms with Gasteiger partial charge in [0.05, 0.1) is 13.3 Å². The summed E-state index contributed by atoms with van der Waals surface area (Å²) in [5, 5.41) is 6.73. The third kappa shape index (κ3) is 5.44. The van der Waals surface area contributed by atoms with E-state index in [0.717, 1.165) is 22.4 Å². The highest BCUT2D eigenvalue weighted by molar-refractivity contribution is 5.94. The maximum absolute atomic E-state index is 12.0. The van der Waals surface area contributed by atoms with Crippen molar-refractivity contribution in [1.29, 1.82) is 0 Å². The smallest absolute Gasteiger partial charge is 0.240 e. The third-order valence-electron chi connectivity index (χ3n) is 3.99. The molecule has 6 heteroatoms. The van der Waals surface area contributed by atoms with Crippen LogP contribution >= 0.6 is 0 Å². The Balaban J connectivity index is 1.80. The molecule has 26 heavy (non-hydrogen) atoms. The number of nitrogens with zero attached hydrogens (tertiary/aromatic N) is 1. The Hall–Kier alpha value is -3.15. The lowest BCUT2D eigenvalue weighted by molar-refractivity contribution is -0.124. The molecule has 0 radical (unpaired) electrons. The molecule has 0 saturated carbocycles. The molecule has 0 unspecified atom stereocenters. The summed E-state index contributed by atoms with van der Waals surface area (Å²) in [6.07, 6.45) is 1.65. The summed E-state index contributed by atoms with van der Waals surface area (Å²) in [7, 11) is 1.57. The fourth-order valence-electron chi connectivity index (χ4n) is 2.33. The van der Waals surface area contributed by atoms with Crippen LogP contribution in [0, 0.1) is 13.8 Å². The van der Waals surface area contributed by atoms with Crippen LogP contribution in [0.1, 0.15) is 29.5 Å². The van der Waals surface area contributed by atoms with Gasteiger partial charge in [-0.15, -0.1) is 0 Å². The number of methoxy groups -OCH3 is 1. The van der Waals surface area contributed by atoms with E-state index in [4.69, 9.17) is 4.74 Å². The molecular weight excluding hydrogens is 330 g/mol. The number of ether oxygens (including phenoxy) is 1. The first-order valence-corrected chi connectivity index (χ1v) is 8.32. The van der Waals surface area contributed by atoms with E-state index in [1.165, 1.54) is 6.21 Å². The van der Waals surface area contributed by atoms with Crippen LogP contribution in [0.25, 0.3) is 0 Å². The number of anilines is 1. The molecular formula is C20H23N3O3. The van der Waals surface area contributed by atoms with Gasteiger partial charge < -0.3 is 10.1 Å². The summed E-state index contributed by atoms with van der Waals surface area (Å²) < 4.78 is 5.20. The summed E-state index contributed by atoms with van der Waals surface area (Å²) in [6.45, 7) is 3.93. The monoisotopic (exact) mass is 353 g/mol. The average Bonchev–Trinajstić information content (AvgIpc) is 2.64. The van der Waals surface area contributed by atoms with Gasteiger partial charge in [0, 0.05) is 24.1 Å². The second-order valence-corrected chi connectivity index (χ2v) is 5.83. The van der Waals surface area contributed by atoms with Crippen molar-refractivity contribution in [3.8, 4) is 5.75 Å². The normalized spacial score (nSPS) is 10.6. The van der Waals surface area contributed by atoms with Crippen LogP contribution in [0.4, 0.5) is 5.69 Å². The minimum absolute atomic E-state index is 0.0555. The molecule has 2 amide bonds. The van der Waals surface area contributed by atoms with E-state index in [2.05, 4.69) is 15.8 Å². The van der Waals surface area contributed by atoms with Gasteiger partial charge in [-0.25, -0.2) is 5.43 Å². The molecule has 6 nitrogen and oxygen atoms in total. The maximum atomic E-state index is 12.0. The lowest BCUT2D eigenvalue weighted by Gasteiger charge is -2.10. The fourth-order valence-corrected chi connectivity index (χ4v) is 2.33. The first kappa shape index (κ1) is 19.2. The molecule has 0 fully saturated rings. The van der Waals surface area contributed by atoms with Crippen LogP contribution in [-0.2, 0) is 9.59 Å². The molecule has 0 bridgehead atoms. The molecule has 0 aromatic heterocycles. The third-order valence-corrected chi connectivity index (χ3v) is 3.99. The highest BCUT2D eigenvalue weighted by Gasteiger charge is 2.09. The first-order valence-electron chi connectivity index (χ1n) is 8.32. The van der Waals surface area contributed by atoms with Crippen molar-refractivity contribution >= 4 is 23.7 Å². The summed E-state index contributed by atoms with van der Waals surface area (Å²) in [5.74, 6) is 0.133. The first-order chi connectivity index (χ1) is 12.5. The van der Waals surface area contributed by atoms with Crippen LogP contribution in [0.5, 0.6) is 5.75 Å². The van der Waals surface area contributed by atoms with E-state index >= 15 is 0 Å². The van der Waals surface area contributed by atoms with Crippen LogP contribution in [0.3, 0.4) is 0 Å². The number of hydrogen-bond acceptors (Lipinski definition) is 4. The van der Waals surface area contributed by atoms with Gasteiger partial charge in [-0.1, -0.05) is 24.3 Å². The molecule has 136 valence electrons. The molecule has 2 rings (SSSR count). The zero-order chi connectivity index (χ0) is 18.9. The topological polar surface area (TPSA) is 79.8 Å². The number of aryl methyl sites for hydroxylation is 1. The van der Waals surface area contributed by atoms with Gasteiger partial charge in [-0.3, -0.25) is 9.59 Å². The van der Waals surface area contributed by atoms with Crippen LogP contribution < -0.4 is 15.5 Å². The number of nitrogens with one attached hydrogen (secondary N) is 2. The van der Waals surface area contributed by atoms with Gasteiger partial charge in [0.15, 0.2) is 0 Å². The molecule has 2 aromatic rings. The number of hydrazone groups is 1. The summed E-state index contributed by atoms with van der Waals surface area (Å²) >= 11 is 0. The zero-order valence-electron chi connectivity index (χ0n) is 15.2. The highest BCUT2D eigenvalue weighted by Crippen LogP contribution is 2.18. The Morgan fingerprint density at radius 3 is 2.54 bits per heavy atom. The maximum Gasteiger partial charge on any atom is 0.240 e. The van der Waals surface area contributed by atoms with E-state index in [1.807, 2.05) is 50.2 Å². The standard InChI is InChI=1S/C20H23N3O3/c1-14-7-6-9-17(15(14)2)22-19(24)11-12-20(25)23-21-13-16-8-4-5-10-18(16)26-3/h4-10,13H,11-12H2,1-3H3,(H,22,24)(H,23,25)/b21-13-. The number of hydrogen-bond donors (Lipinski definition) is 2. The summed E-state index contributed by atoms with van der Waals surface area (Å²) in [5.41, 5.74) is 6.06. The highest BCUT2D eigenvalue weighted by atomic mass is 16.5. The van der Waals surface area contributed by atoms with Crippen LogP contribution in [-0.4, -0.2) is 25.1 Å². The van der Waals surface area contributed by atoms with Crippen molar-refractivity contribution in [2.45, 2.75) is 26.7 Å². The lowest BCUT2D eigenvalue weighted by Crippen LogP contribution is -2.21. The van der Waals surface area contributed by atoms with E-state index in [1.54, 1.807) is 13.2 Å². The van der Waals surface area contributed by atoms with Crippen molar-refractivity contribution in [1.82, 2.24) is 5.43 Å². The molecule has 0 aliphatic carbocycles. The van der Waals surface area contributed by atoms with E-state index in [0.29, 0.717) is 5.75 Å². The number of carbonyl (C=O) groups is 2. The zero-order valence-corrected chi connectivity index (χ0v) is 15.2. The minimum Gasteiger partial charge on any atom is -0.496 e. The van der Waals surface area contributed by atoms with Crippen molar-refractivity contribution in [3.05, 3.63) is 59.2 Å². The van der Waals surface area contributed by atoms with Crippen LogP contribution in [0.15, 0.2) is 47.6 Å². The number of amides is 2. The predicted molar refractivity (Wildman–Crippen MR) is 103 cm³/mol. The Labute approximate surface area is 153 Å². The van der Waals surface area contributed by atoms with Gasteiger partial charge in [-0.05, 0) is 43.2 Å². The van der Waals surface area contributed by atoms with Gasteiger partial charge in [0.25, 0.3) is 0 Å². The van der Waals surface area contributed by atoms with E-state index in [9.17, 15) is 9.59 Å². The Bertz CT molecular complexity index is 816. The van der Waals surface area contributed by atoms with Crippen molar-refractivity contribution in [2.75, 3.05) is 12.4 Å². The second kappa shape index (κ2) is 9.36. The van der Waals surface area contributed by atoms with Gasteiger partial charge in [0.1, 0.15) is 5.75 Å². The molecule has 0 saturated heterocycles. The Kier molecular flexibility index (Phi) is 6.91. The molecule has 0 aliphatic heterocycles. The minimum atomic E-state index is -0.327. The molecule has 0 aliphatic rings. The SMILES string of the molecule is COc1ccccc1/C=N\NC(=O)CCC(=O)Nc1cccc(C)c1C. The van der Waals surface area contributed by atoms with Crippen molar-refractivity contribution in [2.24, 2.45) is 5.10 Å². The lowest BCUT2D eigenvalue weighted by atomic mass is 10.1. The largest absolute Gasteiger partial charge is 0.496 e. The average molecular weight is 353 g/mol. The number of benzene rings is 2. The summed E-state index contributed by atoms with van der Waals surface area (Å²) in [6, 6.07) is 13.0. The Morgan fingerprint density at radius 2 is 1.77 bits per heavy atom. The molecule has 2 aromatic carbocycles. The van der Waals surface area contributed by atoms with Gasteiger partial charge >= 0.3 is 0 Å². The Morgan fingerprint density at radius 1 is 1.04 bits per heavy atom. The van der Waals surface area contributed by atoms with Crippen molar-refractivity contribution < 1.29 is 14.3 Å². The fraction of sp³-hybridized carbons (Fsp3) is 0.250. The number of para-hydroxylation sites is 1. The quantitative estimate of drug-likeness (QED) is 0.593. The van der Waals surface area contributed by atoms with Crippen LogP contribution in [0.2, 0.25) is 0 Å².